The summed E-state index contributed by atoms with van der Waals surface area (Å²) in [7, 11) is 0. The molecule has 4 heteroatoms. The molecular weight excluding hydrogens is 262 g/mol. The molecule has 2 unspecified atom stereocenters. The van der Waals surface area contributed by atoms with E-state index in [1.807, 2.05) is 24.3 Å². The summed E-state index contributed by atoms with van der Waals surface area (Å²) in [5, 5.41) is 0. The van der Waals surface area contributed by atoms with Crippen molar-refractivity contribution < 1.29 is 4.74 Å². The standard InChI is InChI=1S/C17H27N3O/c1-14-12-20-8-2-3-16(20)13-19(14)9-10-21-17-6-4-15(11-18)5-7-17/h4-7,14,16H,2-3,8-13,18H2,1H3. The van der Waals surface area contributed by atoms with E-state index >= 15 is 0 Å². The monoisotopic (exact) mass is 289 g/mol. The largest absolute Gasteiger partial charge is 0.492 e. The molecule has 0 radical (unpaired) electrons. The van der Waals surface area contributed by atoms with E-state index in [4.69, 9.17) is 10.5 Å². The van der Waals surface area contributed by atoms with Crippen LogP contribution in [0, 0.1) is 0 Å². The van der Waals surface area contributed by atoms with E-state index < -0.39 is 0 Å². The number of piperazine rings is 1. The van der Waals surface area contributed by atoms with Crippen LogP contribution in [-0.2, 0) is 6.54 Å². The van der Waals surface area contributed by atoms with E-state index in [1.165, 1.54) is 32.5 Å². The van der Waals surface area contributed by atoms with Crippen LogP contribution in [0.1, 0.15) is 25.3 Å². The lowest BCUT2D eigenvalue weighted by Crippen LogP contribution is -2.55. The van der Waals surface area contributed by atoms with Gasteiger partial charge in [-0.25, -0.2) is 0 Å². The molecule has 4 nitrogen and oxygen atoms in total. The van der Waals surface area contributed by atoms with E-state index in [9.17, 15) is 0 Å². The molecule has 0 amide bonds. The second-order valence-electron chi connectivity index (χ2n) is 6.33. The molecule has 0 aliphatic carbocycles. The first kappa shape index (κ1) is 14.8. The van der Waals surface area contributed by atoms with Crippen LogP contribution < -0.4 is 10.5 Å². The normalized spacial score (nSPS) is 26.8. The van der Waals surface area contributed by atoms with Crippen molar-refractivity contribution in [1.82, 2.24) is 9.80 Å². The van der Waals surface area contributed by atoms with Crippen LogP contribution >= 0.6 is 0 Å². The quantitative estimate of drug-likeness (QED) is 0.896. The molecule has 3 rings (SSSR count). The maximum Gasteiger partial charge on any atom is 0.119 e. The number of benzene rings is 1. The van der Waals surface area contributed by atoms with Crippen LogP contribution in [0.4, 0.5) is 0 Å². The van der Waals surface area contributed by atoms with Crippen molar-refractivity contribution in [2.24, 2.45) is 5.73 Å². The topological polar surface area (TPSA) is 41.7 Å². The molecule has 2 N–H and O–H groups in total. The Morgan fingerprint density at radius 2 is 2.05 bits per heavy atom. The Morgan fingerprint density at radius 1 is 1.24 bits per heavy atom. The van der Waals surface area contributed by atoms with Gasteiger partial charge >= 0.3 is 0 Å². The Hall–Kier alpha value is -1.10. The number of hydrogen-bond acceptors (Lipinski definition) is 4. The molecule has 2 fully saturated rings. The third-order valence-corrected chi connectivity index (χ3v) is 4.87. The lowest BCUT2D eigenvalue weighted by atomic mass is 10.1. The van der Waals surface area contributed by atoms with Crippen LogP contribution in [0.2, 0.25) is 0 Å². The van der Waals surface area contributed by atoms with Crippen LogP contribution in [0.3, 0.4) is 0 Å². The summed E-state index contributed by atoms with van der Waals surface area (Å²) in [6.07, 6.45) is 2.74. The van der Waals surface area contributed by atoms with Gasteiger partial charge in [0.1, 0.15) is 12.4 Å². The van der Waals surface area contributed by atoms with Gasteiger partial charge in [-0.05, 0) is 44.0 Å². The van der Waals surface area contributed by atoms with Crippen molar-refractivity contribution in [3.8, 4) is 5.75 Å². The Morgan fingerprint density at radius 3 is 2.81 bits per heavy atom. The summed E-state index contributed by atoms with van der Waals surface area (Å²) in [5.74, 6) is 0.944. The molecule has 2 aliphatic rings. The van der Waals surface area contributed by atoms with Crippen LogP contribution in [0.15, 0.2) is 24.3 Å². The minimum atomic E-state index is 0.587. The molecule has 2 aliphatic heterocycles. The van der Waals surface area contributed by atoms with Gasteiger partial charge in [0.2, 0.25) is 0 Å². The van der Waals surface area contributed by atoms with Gasteiger partial charge in [0.25, 0.3) is 0 Å². The number of fused-ring (bicyclic) bond motifs is 1. The van der Waals surface area contributed by atoms with Crippen molar-refractivity contribution in [1.29, 1.82) is 0 Å². The number of rotatable bonds is 5. The zero-order valence-electron chi connectivity index (χ0n) is 13.0. The van der Waals surface area contributed by atoms with Gasteiger partial charge in [-0.15, -0.1) is 0 Å². The smallest absolute Gasteiger partial charge is 0.119 e. The summed E-state index contributed by atoms with van der Waals surface area (Å²) >= 11 is 0. The molecule has 2 saturated heterocycles. The molecule has 1 aromatic rings. The fraction of sp³-hybridized carbons (Fsp3) is 0.647. The minimum absolute atomic E-state index is 0.587. The molecule has 0 aromatic heterocycles. The fourth-order valence-electron chi connectivity index (χ4n) is 3.56. The van der Waals surface area contributed by atoms with Gasteiger partial charge in [-0.1, -0.05) is 12.1 Å². The highest BCUT2D eigenvalue weighted by Crippen LogP contribution is 2.24. The summed E-state index contributed by atoms with van der Waals surface area (Å²) in [5.41, 5.74) is 6.75. The zero-order chi connectivity index (χ0) is 14.7. The molecule has 0 saturated carbocycles. The second kappa shape index (κ2) is 6.77. The Bertz CT molecular complexity index is 448. The SMILES string of the molecule is CC1CN2CCCC2CN1CCOc1ccc(CN)cc1. The number of nitrogens with zero attached hydrogens (tertiary/aromatic N) is 2. The van der Waals surface area contributed by atoms with Crippen molar-refractivity contribution in [2.45, 2.75) is 38.4 Å². The summed E-state index contributed by atoms with van der Waals surface area (Å²) in [4.78, 5) is 5.24. The number of nitrogens with two attached hydrogens (primary N) is 1. The molecule has 0 bridgehead atoms. The van der Waals surface area contributed by atoms with E-state index in [2.05, 4.69) is 16.7 Å². The molecule has 21 heavy (non-hydrogen) atoms. The summed E-state index contributed by atoms with van der Waals surface area (Å²) in [6, 6.07) is 9.53. The average molecular weight is 289 g/mol. The van der Waals surface area contributed by atoms with Gasteiger partial charge in [0.15, 0.2) is 0 Å². The van der Waals surface area contributed by atoms with E-state index in [0.29, 0.717) is 12.6 Å². The van der Waals surface area contributed by atoms with Gasteiger partial charge < -0.3 is 10.5 Å². The summed E-state index contributed by atoms with van der Waals surface area (Å²) < 4.78 is 5.87. The van der Waals surface area contributed by atoms with Crippen LogP contribution in [0.25, 0.3) is 0 Å². The lowest BCUT2D eigenvalue weighted by molar-refractivity contribution is 0.0500. The van der Waals surface area contributed by atoms with Gasteiger partial charge in [0.05, 0.1) is 0 Å². The zero-order valence-corrected chi connectivity index (χ0v) is 13.0. The van der Waals surface area contributed by atoms with Gasteiger partial charge in [-0.2, -0.15) is 0 Å². The summed E-state index contributed by atoms with van der Waals surface area (Å²) in [6.45, 7) is 8.43. The predicted molar refractivity (Wildman–Crippen MR) is 85.5 cm³/mol. The molecular formula is C17H27N3O. The Kier molecular flexibility index (Phi) is 4.78. The van der Waals surface area contributed by atoms with Gasteiger partial charge in [0, 0.05) is 38.3 Å². The van der Waals surface area contributed by atoms with E-state index in [1.54, 1.807) is 0 Å². The lowest BCUT2D eigenvalue weighted by Gasteiger charge is -2.42. The highest BCUT2D eigenvalue weighted by molar-refractivity contribution is 5.27. The number of ether oxygens (including phenoxy) is 1. The Labute approximate surface area is 127 Å². The molecule has 116 valence electrons. The third-order valence-electron chi connectivity index (χ3n) is 4.87. The maximum absolute atomic E-state index is 5.87. The first-order chi connectivity index (χ1) is 10.3. The average Bonchev–Trinajstić information content (AvgIpc) is 2.95. The van der Waals surface area contributed by atoms with E-state index in [0.717, 1.165) is 30.5 Å². The maximum atomic E-state index is 5.87. The molecule has 2 heterocycles. The first-order valence-electron chi connectivity index (χ1n) is 8.16. The van der Waals surface area contributed by atoms with Crippen molar-refractivity contribution in [2.75, 3.05) is 32.8 Å². The highest BCUT2D eigenvalue weighted by atomic mass is 16.5. The highest BCUT2D eigenvalue weighted by Gasteiger charge is 2.33. The van der Waals surface area contributed by atoms with Crippen LogP contribution in [0.5, 0.6) is 5.75 Å². The molecule has 2 atom stereocenters. The predicted octanol–water partition coefficient (Wildman–Crippen LogP) is 1.69. The molecule has 1 aromatic carbocycles. The fourth-order valence-corrected chi connectivity index (χ4v) is 3.56. The molecule has 0 spiro atoms. The second-order valence-corrected chi connectivity index (χ2v) is 6.33. The first-order valence-corrected chi connectivity index (χ1v) is 8.16. The Balaban J connectivity index is 1.46. The number of hydrogen-bond donors (Lipinski definition) is 1. The van der Waals surface area contributed by atoms with Gasteiger partial charge in [-0.3, -0.25) is 9.80 Å². The minimum Gasteiger partial charge on any atom is -0.492 e. The van der Waals surface area contributed by atoms with Crippen molar-refractivity contribution in [3.63, 3.8) is 0 Å². The van der Waals surface area contributed by atoms with Crippen LogP contribution in [-0.4, -0.2) is 54.7 Å². The third kappa shape index (κ3) is 3.57. The van der Waals surface area contributed by atoms with E-state index in [-0.39, 0.29) is 0 Å². The van der Waals surface area contributed by atoms with Crippen molar-refractivity contribution >= 4 is 0 Å². The van der Waals surface area contributed by atoms with Crippen molar-refractivity contribution in [3.05, 3.63) is 29.8 Å².